The van der Waals surface area contributed by atoms with Crippen molar-refractivity contribution in [2.45, 2.75) is 52.0 Å². The number of hydrogen-bond acceptors (Lipinski definition) is 8. The molecular formula is C23H34N4O5. The number of aliphatic hydroxyl groups excluding tert-OH is 2. The van der Waals surface area contributed by atoms with Gasteiger partial charge in [-0.25, -0.2) is 0 Å². The van der Waals surface area contributed by atoms with Crippen LogP contribution in [0.1, 0.15) is 54.4 Å². The molecule has 1 fully saturated rings. The molecule has 1 aliphatic heterocycles. The molecule has 9 nitrogen and oxygen atoms in total. The summed E-state index contributed by atoms with van der Waals surface area (Å²) in [6.45, 7) is 5.75. The van der Waals surface area contributed by atoms with Gasteiger partial charge in [0.2, 0.25) is 0 Å². The zero-order valence-electron chi connectivity index (χ0n) is 18.9. The van der Waals surface area contributed by atoms with Gasteiger partial charge in [-0.2, -0.15) is 4.98 Å². The number of amides is 1. The number of piperidine rings is 1. The number of aliphatic hydroxyl groups is 2. The number of rotatable bonds is 11. The predicted molar refractivity (Wildman–Crippen MR) is 120 cm³/mol. The van der Waals surface area contributed by atoms with Crippen molar-refractivity contribution in [2.75, 3.05) is 37.8 Å². The van der Waals surface area contributed by atoms with Gasteiger partial charge in [0.05, 0.1) is 25.9 Å². The average Bonchev–Trinajstić information content (AvgIpc) is 3.30. The van der Waals surface area contributed by atoms with E-state index in [1.807, 2.05) is 19.9 Å². The molecule has 0 radical (unpaired) electrons. The van der Waals surface area contributed by atoms with E-state index >= 15 is 0 Å². The van der Waals surface area contributed by atoms with E-state index < -0.39 is 6.04 Å². The summed E-state index contributed by atoms with van der Waals surface area (Å²) >= 11 is 0. The van der Waals surface area contributed by atoms with Crippen LogP contribution in [0.15, 0.2) is 22.7 Å². The molecule has 2 heterocycles. The van der Waals surface area contributed by atoms with E-state index in [0.717, 1.165) is 62.3 Å². The summed E-state index contributed by atoms with van der Waals surface area (Å²) in [5, 5.41) is 24.8. The highest BCUT2D eigenvalue weighted by Gasteiger charge is 2.22. The van der Waals surface area contributed by atoms with Gasteiger partial charge in [0, 0.05) is 25.1 Å². The summed E-state index contributed by atoms with van der Waals surface area (Å²) in [4.78, 5) is 18.9. The third-order valence-electron chi connectivity index (χ3n) is 5.90. The Morgan fingerprint density at radius 2 is 2.06 bits per heavy atom. The van der Waals surface area contributed by atoms with Crippen molar-refractivity contribution in [3.05, 3.63) is 35.2 Å². The quantitative estimate of drug-likeness (QED) is 0.449. The molecule has 3 N–H and O–H groups in total. The molecule has 0 bridgehead atoms. The lowest BCUT2D eigenvalue weighted by Crippen LogP contribution is -2.40. The lowest BCUT2D eigenvalue weighted by Gasteiger charge is -2.30. The first-order chi connectivity index (χ1) is 15.5. The van der Waals surface area contributed by atoms with Crippen LogP contribution < -0.4 is 15.0 Å². The number of aryl methyl sites for hydroxylation is 2. The topological polar surface area (TPSA) is 121 Å². The van der Waals surface area contributed by atoms with Gasteiger partial charge in [0.15, 0.2) is 5.82 Å². The largest absolute Gasteiger partial charge is 0.494 e. The van der Waals surface area contributed by atoms with Crippen LogP contribution in [0.25, 0.3) is 0 Å². The zero-order valence-corrected chi connectivity index (χ0v) is 18.9. The Morgan fingerprint density at radius 3 is 2.69 bits per heavy atom. The minimum atomic E-state index is -0.662. The monoisotopic (exact) mass is 446 g/mol. The van der Waals surface area contributed by atoms with Gasteiger partial charge in [-0.1, -0.05) is 12.1 Å². The summed E-state index contributed by atoms with van der Waals surface area (Å²) < 4.78 is 11.2. The Balaban J connectivity index is 1.38. The number of anilines is 1. The Bertz CT molecular complexity index is 860. The summed E-state index contributed by atoms with van der Waals surface area (Å²) in [6.07, 6.45) is 5.08. The molecule has 0 atom stereocenters. The van der Waals surface area contributed by atoms with Gasteiger partial charge in [-0.05, 0) is 62.3 Å². The summed E-state index contributed by atoms with van der Waals surface area (Å²) in [5.74, 6) is 1.84. The molecule has 176 valence electrons. The molecule has 3 rings (SSSR count). The van der Waals surface area contributed by atoms with Crippen molar-refractivity contribution in [3.63, 3.8) is 0 Å². The highest BCUT2D eigenvalue weighted by molar-refractivity contribution is 5.96. The van der Waals surface area contributed by atoms with Crippen molar-refractivity contribution in [1.82, 2.24) is 15.5 Å². The lowest BCUT2D eigenvalue weighted by atomic mass is 9.92. The van der Waals surface area contributed by atoms with Crippen molar-refractivity contribution in [2.24, 2.45) is 5.92 Å². The smallest absolute Gasteiger partial charge is 0.324 e. The molecule has 0 spiro atoms. The van der Waals surface area contributed by atoms with Gasteiger partial charge in [-0.15, -0.1) is 0 Å². The molecule has 1 aromatic heterocycles. The van der Waals surface area contributed by atoms with E-state index in [-0.39, 0.29) is 19.1 Å². The molecule has 0 unspecified atom stereocenters. The number of nitrogens with zero attached hydrogens (tertiary/aromatic N) is 3. The first kappa shape index (κ1) is 24.0. The van der Waals surface area contributed by atoms with Gasteiger partial charge in [-0.3, -0.25) is 4.79 Å². The van der Waals surface area contributed by atoms with Gasteiger partial charge < -0.3 is 29.7 Å². The maximum absolute atomic E-state index is 12.3. The van der Waals surface area contributed by atoms with E-state index in [2.05, 4.69) is 20.4 Å². The van der Waals surface area contributed by atoms with E-state index in [1.54, 1.807) is 12.1 Å². The summed E-state index contributed by atoms with van der Waals surface area (Å²) in [6, 6.07) is 5.31. The maximum Gasteiger partial charge on any atom is 0.324 e. The first-order valence-corrected chi connectivity index (χ1v) is 11.4. The Labute approximate surface area is 188 Å². The number of benzene rings is 1. The molecule has 1 aromatic carbocycles. The van der Waals surface area contributed by atoms with Crippen LogP contribution >= 0.6 is 0 Å². The number of carbonyl (C=O) groups excluding carboxylic acids is 1. The lowest BCUT2D eigenvalue weighted by molar-refractivity contribution is 0.0878. The molecule has 32 heavy (non-hydrogen) atoms. The number of ether oxygens (including phenoxy) is 1. The zero-order chi connectivity index (χ0) is 22.9. The van der Waals surface area contributed by atoms with Crippen LogP contribution in [0.5, 0.6) is 5.75 Å². The van der Waals surface area contributed by atoms with Crippen molar-refractivity contribution >= 4 is 11.9 Å². The Kier molecular flexibility index (Phi) is 8.87. The van der Waals surface area contributed by atoms with Crippen LogP contribution in [0, 0.1) is 12.8 Å². The minimum absolute atomic E-state index is 0.307. The number of nitrogens with one attached hydrogen (secondary N) is 1. The summed E-state index contributed by atoms with van der Waals surface area (Å²) in [7, 11) is 0. The van der Waals surface area contributed by atoms with Crippen LogP contribution in [-0.2, 0) is 6.42 Å². The van der Waals surface area contributed by atoms with Gasteiger partial charge in [0.25, 0.3) is 5.91 Å². The fourth-order valence-electron chi connectivity index (χ4n) is 3.88. The van der Waals surface area contributed by atoms with Crippen molar-refractivity contribution in [3.8, 4) is 5.75 Å². The second kappa shape index (κ2) is 11.8. The molecule has 2 aromatic rings. The van der Waals surface area contributed by atoms with E-state index in [0.29, 0.717) is 24.1 Å². The van der Waals surface area contributed by atoms with Gasteiger partial charge >= 0.3 is 6.01 Å². The van der Waals surface area contributed by atoms with Crippen molar-refractivity contribution < 1.29 is 24.3 Å². The standard InChI is InChI=1S/C23H34N4O5/c1-3-21-25-23(32-26-21)27-10-8-17(9-11-27)5-4-12-31-19-6-7-20(16(2)13-19)22(30)24-18(14-28)15-29/h6-7,13,17-18,28-29H,3-5,8-12,14-15H2,1-2H3,(H,24,30). The van der Waals surface area contributed by atoms with E-state index in [1.165, 1.54) is 0 Å². The van der Waals surface area contributed by atoms with Crippen LogP contribution in [0.2, 0.25) is 0 Å². The number of hydrogen-bond donors (Lipinski definition) is 3. The molecule has 1 saturated heterocycles. The van der Waals surface area contributed by atoms with E-state index in [9.17, 15) is 4.79 Å². The fourth-order valence-corrected chi connectivity index (χ4v) is 3.88. The molecule has 1 amide bonds. The van der Waals surface area contributed by atoms with Crippen molar-refractivity contribution in [1.29, 1.82) is 0 Å². The molecule has 9 heteroatoms. The second-order valence-electron chi connectivity index (χ2n) is 8.28. The Morgan fingerprint density at radius 1 is 1.31 bits per heavy atom. The predicted octanol–water partition coefficient (Wildman–Crippen LogP) is 2.10. The van der Waals surface area contributed by atoms with Crippen LogP contribution in [-0.4, -0.2) is 65.2 Å². The third kappa shape index (κ3) is 6.43. The highest BCUT2D eigenvalue weighted by atomic mass is 16.5. The SMILES string of the molecule is CCc1noc(N2CCC(CCCOc3ccc(C(=O)NC(CO)CO)c(C)c3)CC2)n1. The minimum Gasteiger partial charge on any atom is -0.494 e. The van der Waals surface area contributed by atoms with Crippen LogP contribution in [0.4, 0.5) is 6.01 Å². The summed E-state index contributed by atoms with van der Waals surface area (Å²) in [5.41, 5.74) is 1.29. The average molecular weight is 447 g/mol. The maximum atomic E-state index is 12.3. The number of carbonyl (C=O) groups is 1. The highest BCUT2D eigenvalue weighted by Crippen LogP contribution is 2.25. The second-order valence-corrected chi connectivity index (χ2v) is 8.28. The molecule has 0 saturated carbocycles. The third-order valence-corrected chi connectivity index (χ3v) is 5.90. The van der Waals surface area contributed by atoms with Gasteiger partial charge in [0.1, 0.15) is 5.75 Å². The molecule has 1 aliphatic rings. The Hall–Kier alpha value is -2.65. The van der Waals surface area contributed by atoms with Crippen LogP contribution in [0.3, 0.4) is 0 Å². The normalized spacial score (nSPS) is 14.7. The molecule has 0 aliphatic carbocycles. The van der Waals surface area contributed by atoms with E-state index in [4.69, 9.17) is 19.5 Å². The molecular weight excluding hydrogens is 412 g/mol. The fraction of sp³-hybridized carbons (Fsp3) is 0.609. The first-order valence-electron chi connectivity index (χ1n) is 11.4. The number of aromatic nitrogens is 2.